The summed E-state index contributed by atoms with van der Waals surface area (Å²) >= 11 is 0. The zero-order valence-corrected chi connectivity index (χ0v) is 11.8. The van der Waals surface area contributed by atoms with E-state index in [2.05, 4.69) is 22.1 Å². The monoisotopic (exact) mass is 265 g/mol. The van der Waals surface area contributed by atoms with Gasteiger partial charge in [0.2, 0.25) is 0 Å². The Balaban J connectivity index is 2.16. The third-order valence-electron chi connectivity index (χ3n) is 3.18. The van der Waals surface area contributed by atoms with Crippen molar-refractivity contribution in [3.63, 3.8) is 0 Å². The van der Waals surface area contributed by atoms with Crippen LogP contribution in [0.2, 0.25) is 0 Å². The van der Waals surface area contributed by atoms with Crippen molar-refractivity contribution in [2.75, 3.05) is 44.4 Å². The molecule has 19 heavy (non-hydrogen) atoms. The summed E-state index contributed by atoms with van der Waals surface area (Å²) in [6.07, 6.45) is 1.82. The molecule has 2 heterocycles. The average Bonchev–Trinajstić information content (AvgIpc) is 2.46. The first-order valence-electron chi connectivity index (χ1n) is 6.99. The predicted octanol–water partition coefficient (Wildman–Crippen LogP) is 1.29. The lowest BCUT2D eigenvalue weighted by Gasteiger charge is -2.37. The van der Waals surface area contributed by atoms with E-state index in [9.17, 15) is 0 Å². The van der Waals surface area contributed by atoms with Gasteiger partial charge in [-0.15, -0.1) is 0 Å². The minimum Gasteiger partial charge on any atom is -0.490 e. The Kier molecular flexibility index (Phi) is 5.42. The lowest BCUT2D eigenvalue weighted by molar-refractivity contribution is 0.0931. The van der Waals surface area contributed by atoms with Crippen molar-refractivity contribution in [3.8, 4) is 5.75 Å². The summed E-state index contributed by atoms with van der Waals surface area (Å²) in [6, 6.07) is 4.20. The number of hydrogen-bond acceptors (Lipinski definition) is 5. The molecule has 1 aromatic rings. The van der Waals surface area contributed by atoms with Crippen molar-refractivity contribution in [1.82, 2.24) is 10.3 Å². The standard InChI is InChI=1S/C14H23N3O2/c1-3-15-10-12-11-18-9-8-17(12)14-13(19-4-2)6-5-7-16-14/h5-7,12,15H,3-4,8-11H2,1-2H3. The van der Waals surface area contributed by atoms with E-state index in [1.165, 1.54) is 0 Å². The van der Waals surface area contributed by atoms with Gasteiger partial charge in [-0.25, -0.2) is 4.98 Å². The van der Waals surface area contributed by atoms with Crippen molar-refractivity contribution in [2.45, 2.75) is 19.9 Å². The second-order valence-electron chi connectivity index (χ2n) is 4.49. The Labute approximate surface area is 114 Å². The van der Waals surface area contributed by atoms with Crippen LogP contribution in [-0.2, 0) is 4.74 Å². The van der Waals surface area contributed by atoms with Crippen LogP contribution in [0.1, 0.15) is 13.8 Å². The SMILES string of the molecule is CCNCC1COCCN1c1ncccc1OCC. The fourth-order valence-corrected chi connectivity index (χ4v) is 2.28. The van der Waals surface area contributed by atoms with Crippen molar-refractivity contribution >= 4 is 5.82 Å². The number of rotatable bonds is 6. The van der Waals surface area contributed by atoms with Crippen LogP contribution in [0.4, 0.5) is 5.82 Å². The smallest absolute Gasteiger partial charge is 0.171 e. The van der Waals surface area contributed by atoms with Gasteiger partial charge in [-0.05, 0) is 25.6 Å². The van der Waals surface area contributed by atoms with Gasteiger partial charge in [0, 0.05) is 19.3 Å². The molecule has 0 saturated carbocycles. The molecule has 106 valence electrons. The molecule has 1 fully saturated rings. The maximum atomic E-state index is 5.68. The molecule has 0 spiro atoms. The Morgan fingerprint density at radius 1 is 1.53 bits per heavy atom. The van der Waals surface area contributed by atoms with Gasteiger partial charge in [0.25, 0.3) is 0 Å². The zero-order chi connectivity index (χ0) is 13.5. The Bertz CT molecular complexity index is 387. The highest BCUT2D eigenvalue weighted by Gasteiger charge is 2.26. The molecular formula is C14H23N3O2. The summed E-state index contributed by atoms with van der Waals surface area (Å²) < 4.78 is 11.3. The molecule has 1 aliphatic heterocycles. The quantitative estimate of drug-likeness (QED) is 0.840. The van der Waals surface area contributed by atoms with Crippen LogP contribution >= 0.6 is 0 Å². The molecule has 1 N–H and O–H groups in total. The van der Waals surface area contributed by atoms with Gasteiger partial charge in [-0.3, -0.25) is 0 Å². The summed E-state index contributed by atoms with van der Waals surface area (Å²) in [7, 11) is 0. The normalized spacial score (nSPS) is 19.5. The van der Waals surface area contributed by atoms with Crippen molar-refractivity contribution in [1.29, 1.82) is 0 Å². The number of anilines is 1. The third kappa shape index (κ3) is 3.58. The minimum absolute atomic E-state index is 0.308. The molecule has 5 nitrogen and oxygen atoms in total. The Hall–Kier alpha value is -1.33. The van der Waals surface area contributed by atoms with E-state index in [1.54, 1.807) is 0 Å². The molecule has 5 heteroatoms. The van der Waals surface area contributed by atoms with Gasteiger partial charge in [0.1, 0.15) is 0 Å². The second-order valence-corrected chi connectivity index (χ2v) is 4.49. The molecule has 1 unspecified atom stereocenters. The summed E-state index contributed by atoms with van der Waals surface area (Å²) in [5.41, 5.74) is 0. The average molecular weight is 265 g/mol. The predicted molar refractivity (Wildman–Crippen MR) is 75.9 cm³/mol. The molecule has 1 atom stereocenters. The van der Waals surface area contributed by atoms with Gasteiger partial charge in [0.15, 0.2) is 11.6 Å². The van der Waals surface area contributed by atoms with E-state index in [0.717, 1.165) is 44.4 Å². The number of nitrogens with one attached hydrogen (secondary N) is 1. The molecule has 1 aromatic heterocycles. The van der Waals surface area contributed by atoms with Gasteiger partial charge in [0.05, 0.1) is 25.9 Å². The lowest BCUT2D eigenvalue weighted by atomic mass is 10.2. The van der Waals surface area contributed by atoms with E-state index < -0.39 is 0 Å². The van der Waals surface area contributed by atoms with Crippen LogP contribution in [0.5, 0.6) is 5.75 Å². The maximum absolute atomic E-state index is 5.68. The van der Waals surface area contributed by atoms with E-state index in [-0.39, 0.29) is 0 Å². The topological polar surface area (TPSA) is 46.6 Å². The number of aromatic nitrogens is 1. The van der Waals surface area contributed by atoms with Crippen LogP contribution < -0.4 is 15.0 Å². The molecular weight excluding hydrogens is 242 g/mol. The molecule has 0 amide bonds. The largest absolute Gasteiger partial charge is 0.490 e. The van der Waals surface area contributed by atoms with E-state index in [0.29, 0.717) is 12.6 Å². The molecule has 1 saturated heterocycles. The zero-order valence-electron chi connectivity index (χ0n) is 11.8. The maximum Gasteiger partial charge on any atom is 0.171 e. The number of pyridine rings is 1. The van der Waals surface area contributed by atoms with Crippen molar-refractivity contribution in [2.24, 2.45) is 0 Å². The number of nitrogens with zero attached hydrogens (tertiary/aromatic N) is 2. The summed E-state index contributed by atoms with van der Waals surface area (Å²) in [6.45, 7) is 8.95. The fourth-order valence-electron chi connectivity index (χ4n) is 2.28. The Morgan fingerprint density at radius 3 is 3.21 bits per heavy atom. The van der Waals surface area contributed by atoms with Crippen LogP contribution in [0.15, 0.2) is 18.3 Å². The number of ether oxygens (including phenoxy) is 2. The first-order valence-corrected chi connectivity index (χ1v) is 6.99. The molecule has 1 aliphatic rings. The van der Waals surface area contributed by atoms with Gasteiger partial charge in [-0.1, -0.05) is 6.92 Å². The van der Waals surface area contributed by atoms with Crippen LogP contribution in [0, 0.1) is 0 Å². The summed E-state index contributed by atoms with van der Waals surface area (Å²) in [5.74, 6) is 1.78. The van der Waals surface area contributed by atoms with Gasteiger partial charge in [-0.2, -0.15) is 0 Å². The van der Waals surface area contributed by atoms with E-state index >= 15 is 0 Å². The molecule has 2 rings (SSSR count). The second kappa shape index (κ2) is 7.31. The summed E-state index contributed by atoms with van der Waals surface area (Å²) in [4.78, 5) is 6.79. The molecule has 0 bridgehead atoms. The van der Waals surface area contributed by atoms with Crippen LogP contribution in [-0.4, -0.2) is 50.5 Å². The fraction of sp³-hybridized carbons (Fsp3) is 0.643. The number of morpholine rings is 1. The number of likely N-dealkylation sites (N-methyl/N-ethyl adjacent to an activating group) is 1. The van der Waals surface area contributed by atoms with Crippen molar-refractivity contribution < 1.29 is 9.47 Å². The third-order valence-corrected chi connectivity index (χ3v) is 3.18. The first kappa shape index (κ1) is 14.1. The van der Waals surface area contributed by atoms with Crippen LogP contribution in [0.3, 0.4) is 0 Å². The van der Waals surface area contributed by atoms with Gasteiger partial charge < -0.3 is 19.7 Å². The lowest BCUT2D eigenvalue weighted by Crippen LogP contribution is -2.51. The van der Waals surface area contributed by atoms with Gasteiger partial charge >= 0.3 is 0 Å². The highest BCUT2D eigenvalue weighted by Crippen LogP contribution is 2.27. The number of hydrogen-bond donors (Lipinski definition) is 1. The summed E-state index contributed by atoms with van der Waals surface area (Å²) in [5, 5.41) is 3.38. The highest BCUT2D eigenvalue weighted by molar-refractivity contribution is 5.53. The van der Waals surface area contributed by atoms with Crippen molar-refractivity contribution in [3.05, 3.63) is 18.3 Å². The van der Waals surface area contributed by atoms with Crippen LogP contribution in [0.25, 0.3) is 0 Å². The molecule has 0 aromatic carbocycles. The van der Waals surface area contributed by atoms with E-state index in [4.69, 9.17) is 9.47 Å². The highest BCUT2D eigenvalue weighted by atomic mass is 16.5. The minimum atomic E-state index is 0.308. The first-order chi connectivity index (χ1) is 9.36. The Morgan fingerprint density at radius 2 is 2.42 bits per heavy atom. The van der Waals surface area contributed by atoms with E-state index in [1.807, 2.05) is 25.3 Å². The molecule has 0 aliphatic carbocycles. The molecule has 0 radical (unpaired) electrons.